The molecule has 0 saturated carbocycles. The third-order valence-electron chi connectivity index (χ3n) is 2.38. The molecule has 0 aromatic heterocycles. The normalized spacial score (nSPS) is 30.5. The minimum atomic E-state index is -0.879. The van der Waals surface area contributed by atoms with Crippen molar-refractivity contribution in [3.63, 3.8) is 0 Å². The fourth-order valence-electron chi connectivity index (χ4n) is 1.59. The first-order valence-corrected chi connectivity index (χ1v) is 5.13. The Hall–Kier alpha value is -0.850. The standard InChI is InChI=1S/C9H17N3O4/c1-9(2)15-5-7(11-12-10)8(16-9)3-6(14)4-13/h6-8,13-14H,3-5H2,1-2H3/t6-,7+,8+/m0/s1. The van der Waals surface area contributed by atoms with E-state index in [1.54, 1.807) is 13.8 Å². The fourth-order valence-corrected chi connectivity index (χ4v) is 1.59. The fraction of sp³-hybridized carbons (Fsp3) is 1.00. The number of rotatable bonds is 4. The van der Waals surface area contributed by atoms with Crippen LogP contribution in [0.3, 0.4) is 0 Å². The zero-order valence-corrected chi connectivity index (χ0v) is 9.41. The molecule has 7 heteroatoms. The Morgan fingerprint density at radius 3 is 2.88 bits per heavy atom. The first-order valence-electron chi connectivity index (χ1n) is 5.13. The maximum Gasteiger partial charge on any atom is 0.163 e. The summed E-state index contributed by atoms with van der Waals surface area (Å²) in [6.07, 6.45) is -1.11. The zero-order valence-electron chi connectivity index (χ0n) is 9.41. The minimum Gasteiger partial charge on any atom is -0.394 e. The molecule has 0 radical (unpaired) electrons. The van der Waals surface area contributed by atoms with Crippen LogP contribution in [-0.2, 0) is 9.47 Å². The number of aliphatic hydroxyl groups excluding tert-OH is 2. The first-order chi connectivity index (χ1) is 7.48. The van der Waals surface area contributed by atoms with E-state index in [-0.39, 0.29) is 19.6 Å². The molecule has 3 atom stereocenters. The van der Waals surface area contributed by atoms with Gasteiger partial charge in [-0.3, -0.25) is 0 Å². The molecule has 0 unspecified atom stereocenters. The van der Waals surface area contributed by atoms with E-state index in [1.165, 1.54) is 0 Å². The highest BCUT2D eigenvalue weighted by Crippen LogP contribution is 2.26. The molecule has 1 aliphatic heterocycles. The molecule has 16 heavy (non-hydrogen) atoms. The van der Waals surface area contributed by atoms with Gasteiger partial charge < -0.3 is 19.7 Å². The van der Waals surface area contributed by atoms with Crippen LogP contribution >= 0.6 is 0 Å². The van der Waals surface area contributed by atoms with Gasteiger partial charge >= 0.3 is 0 Å². The van der Waals surface area contributed by atoms with Crippen molar-refractivity contribution in [2.45, 2.75) is 44.3 Å². The van der Waals surface area contributed by atoms with Crippen LogP contribution in [0.15, 0.2) is 5.11 Å². The predicted octanol–water partition coefficient (Wildman–Crippen LogP) is 0.560. The van der Waals surface area contributed by atoms with Gasteiger partial charge in [0.05, 0.1) is 31.5 Å². The van der Waals surface area contributed by atoms with Crippen LogP contribution in [0, 0.1) is 0 Å². The Labute approximate surface area is 93.6 Å². The molecule has 1 saturated heterocycles. The Kier molecular flexibility index (Phi) is 4.52. The largest absolute Gasteiger partial charge is 0.394 e. The molecule has 1 aliphatic rings. The smallest absolute Gasteiger partial charge is 0.163 e. The summed E-state index contributed by atoms with van der Waals surface area (Å²) < 4.78 is 10.9. The molecule has 1 heterocycles. The summed E-state index contributed by atoms with van der Waals surface area (Å²) in [6, 6.07) is -0.473. The second-order valence-corrected chi connectivity index (χ2v) is 4.21. The maximum atomic E-state index is 9.36. The molecule has 1 fully saturated rings. The van der Waals surface area contributed by atoms with Crippen LogP contribution in [0.2, 0.25) is 0 Å². The number of ether oxygens (including phenoxy) is 2. The van der Waals surface area contributed by atoms with Gasteiger partial charge in [-0.25, -0.2) is 0 Å². The van der Waals surface area contributed by atoms with Gasteiger partial charge in [-0.1, -0.05) is 5.11 Å². The van der Waals surface area contributed by atoms with Gasteiger partial charge in [0.1, 0.15) is 0 Å². The van der Waals surface area contributed by atoms with E-state index in [2.05, 4.69) is 10.0 Å². The highest BCUT2D eigenvalue weighted by Gasteiger charge is 2.36. The number of nitrogens with zero attached hydrogens (tertiary/aromatic N) is 3. The van der Waals surface area contributed by atoms with Crippen LogP contribution in [0.1, 0.15) is 20.3 Å². The molecule has 92 valence electrons. The average molecular weight is 231 g/mol. The monoisotopic (exact) mass is 231 g/mol. The third-order valence-corrected chi connectivity index (χ3v) is 2.38. The number of hydrogen-bond donors (Lipinski definition) is 2. The Bertz CT molecular complexity index is 278. The molecule has 0 spiro atoms. The lowest BCUT2D eigenvalue weighted by molar-refractivity contribution is -0.282. The zero-order chi connectivity index (χ0) is 12.2. The van der Waals surface area contributed by atoms with Gasteiger partial charge in [-0.05, 0) is 19.4 Å². The van der Waals surface area contributed by atoms with Crippen LogP contribution in [0.25, 0.3) is 10.4 Å². The summed E-state index contributed by atoms with van der Waals surface area (Å²) >= 11 is 0. The first kappa shape index (κ1) is 13.2. The molecule has 0 aromatic rings. The van der Waals surface area contributed by atoms with Gasteiger partial charge in [-0.2, -0.15) is 0 Å². The molecular formula is C9H17N3O4. The molecular weight excluding hydrogens is 214 g/mol. The second kappa shape index (κ2) is 5.47. The van der Waals surface area contributed by atoms with Gasteiger partial charge in [0.25, 0.3) is 0 Å². The molecule has 1 rings (SSSR count). The maximum absolute atomic E-state index is 9.36. The summed E-state index contributed by atoms with van der Waals surface area (Å²) in [4.78, 5) is 2.71. The molecule has 7 nitrogen and oxygen atoms in total. The highest BCUT2D eigenvalue weighted by molar-refractivity contribution is 4.85. The van der Waals surface area contributed by atoms with E-state index in [4.69, 9.17) is 20.1 Å². The van der Waals surface area contributed by atoms with Crippen LogP contribution in [0.4, 0.5) is 0 Å². The van der Waals surface area contributed by atoms with Crippen LogP contribution in [-0.4, -0.2) is 47.5 Å². The second-order valence-electron chi connectivity index (χ2n) is 4.21. The molecule has 0 amide bonds. The third kappa shape index (κ3) is 3.62. The molecule has 0 aliphatic carbocycles. The lowest BCUT2D eigenvalue weighted by atomic mass is 10.0. The topological polar surface area (TPSA) is 108 Å². The van der Waals surface area contributed by atoms with Crippen molar-refractivity contribution < 1.29 is 19.7 Å². The van der Waals surface area contributed by atoms with E-state index < -0.39 is 24.0 Å². The summed E-state index contributed by atoms with van der Waals surface area (Å²) in [6.45, 7) is 3.40. The summed E-state index contributed by atoms with van der Waals surface area (Å²) in [5.74, 6) is -0.763. The van der Waals surface area contributed by atoms with Crippen molar-refractivity contribution in [1.82, 2.24) is 0 Å². The Morgan fingerprint density at radius 2 is 2.31 bits per heavy atom. The van der Waals surface area contributed by atoms with E-state index in [0.29, 0.717) is 0 Å². The van der Waals surface area contributed by atoms with Crippen molar-refractivity contribution in [2.75, 3.05) is 13.2 Å². The summed E-state index contributed by atoms with van der Waals surface area (Å²) in [7, 11) is 0. The highest BCUT2D eigenvalue weighted by atomic mass is 16.7. The molecule has 2 N–H and O–H groups in total. The predicted molar refractivity (Wildman–Crippen MR) is 55.5 cm³/mol. The molecule has 0 aromatic carbocycles. The van der Waals surface area contributed by atoms with Crippen molar-refractivity contribution in [2.24, 2.45) is 5.11 Å². The van der Waals surface area contributed by atoms with E-state index in [0.717, 1.165) is 0 Å². The van der Waals surface area contributed by atoms with Crippen molar-refractivity contribution >= 4 is 0 Å². The van der Waals surface area contributed by atoms with E-state index >= 15 is 0 Å². The quantitative estimate of drug-likeness (QED) is 0.418. The van der Waals surface area contributed by atoms with Crippen LogP contribution < -0.4 is 0 Å². The van der Waals surface area contributed by atoms with Gasteiger partial charge in [-0.15, -0.1) is 0 Å². The SMILES string of the molecule is CC1(C)OC[C@@H](N=[N+]=[N-])[C@@H](C[C@H](O)CO)O1. The minimum absolute atomic E-state index is 0.215. The summed E-state index contributed by atoms with van der Waals surface area (Å²) in [5, 5.41) is 21.7. The molecule has 0 bridgehead atoms. The van der Waals surface area contributed by atoms with Gasteiger partial charge in [0.2, 0.25) is 0 Å². The lowest BCUT2D eigenvalue weighted by Crippen LogP contribution is -2.49. The number of hydrogen-bond acceptors (Lipinski definition) is 5. The summed E-state index contributed by atoms with van der Waals surface area (Å²) in [5.41, 5.74) is 8.39. The van der Waals surface area contributed by atoms with Crippen molar-refractivity contribution in [3.8, 4) is 0 Å². The average Bonchev–Trinajstić information content (AvgIpc) is 2.21. The van der Waals surface area contributed by atoms with Crippen LogP contribution in [0.5, 0.6) is 0 Å². The number of aliphatic hydroxyl groups is 2. The lowest BCUT2D eigenvalue weighted by Gasteiger charge is -2.40. The Morgan fingerprint density at radius 1 is 1.62 bits per heavy atom. The van der Waals surface area contributed by atoms with Gasteiger partial charge in [0, 0.05) is 11.3 Å². The number of azide groups is 1. The van der Waals surface area contributed by atoms with E-state index in [1.807, 2.05) is 0 Å². The van der Waals surface area contributed by atoms with Gasteiger partial charge in [0.15, 0.2) is 5.79 Å². The van der Waals surface area contributed by atoms with E-state index in [9.17, 15) is 5.11 Å². The Balaban J connectivity index is 2.67. The van der Waals surface area contributed by atoms with Crippen molar-refractivity contribution in [1.29, 1.82) is 0 Å². The van der Waals surface area contributed by atoms with Crippen molar-refractivity contribution in [3.05, 3.63) is 10.4 Å².